The summed E-state index contributed by atoms with van der Waals surface area (Å²) in [5.74, 6) is 0.588. The minimum absolute atomic E-state index is 0.417. The van der Waals surface area contributed by atoms with Crippen LogP contribution in [0.3, 0.4) is 0 Å². The lowest BCUT2D eigenvalue weighted by Gasteiger charge is -2.32. The molecule has 0 aromatic heterocycles. The van der Waals surface area contributed by atoms with Crippen LogP contribution in [0.1, 0.15) is 63.9 Å². The molecule has 1 unspecified atom stereocenters. The van der Waals surface area contributed by atoms with E-state index in [2.05, 4.69) is 13.8 Å². The van der Waals surface area contributed by atoms with Crippen molar-refractivity contribution in [2.75, 3.05) is 0 Å². The predicted octanol–water partition coefficient (Wildman–Crippen LogP) is 5.67. The normalized spacial score (nSPS) is 25.3. The van der Waals surface area contributed by atoms with Crippen LogP contribution < -0.4 is 0 Å². The molecule has 1 aromatic rings. The number of rotatable bonds is 4. The van der Waals surface area contributed by atoms with E-state index >= 15 is 0 Å². The Kier molecular flexibility index (Phi) is 4.95. The van der Waals surface area contributed by atoms with Gasteiger partial charge in [-0.05, 0) is 61.1 Å². The minimum atomic E-state index is -0.742. The van der Waals surface area contributed by atoms with Gasteiger partial charge in [-0.25, -0.2) is 8.78 Å². The van der Waals surface area contributed by atoms with Crippen molar-refractivity contribution in [2.24, 2.45) is 11.8 Å². The Balaban J connectivity index is 1.94. The van der Waals surface area contributed by atoms with Gasteiger partial charge in [-0.2, -0.15) is 0 Å². The van der Waals surface area contributed by atoms with Crippen LogP contribution in [-0.4, -0.2) is 0 Å². The van der Waals surface area contributed by atoms with E-state index < -0.39 is 11.6 Å². The van der Waals surface area contributed by atoms with Crippen LogP contribution in [0.2, 0.25) is 0 Å². The Morgan fingerprint density at radius 1 is 1.11 bits per heavy atom. The average Bonchev–Trinajstić information content (AvgIpc) is 2.42. The fraction of sp³-hybridized carbons (Fsp3) is 0.647. The highest BCUT2D eigenvalue weighted by molar-refractivity contribution is 5.22. The molecule has 0 bridgehead atoms. The maximum absolute atomic E-state index is 13.3. The van der Waals surface area contributed by atoms with Crippen molar-refractivity contribution in [1.82, 2.24) is 0 Å². The Morgan fingerprint density at radius 2 is 1.79 bits per heavy atom. The first-order chi connectivity index (χ1) is 9.11. The fourth-order valence-corrected chi connectivity index (χ4v) is 3.48. The van der Waals surface area contributed by atoms with E-state index in [1.807, 2.05) is 0 Å². The number of benzene rings is 1. The van der Waals surface area contributed by atoms with Crippen LogP contribution in [0.4, 0.5) is 8.78 Å². The maximum atomic E-state index is 13.3. The molecule has 19 heavy (non-hydrogen) atoms. The summed E-state index contributed by atoms with van der Waals surface area (Å²) in [5, 5.41) is 0. The molecule has 0 aliphatic heterocycles. The average molecular weight is 266 g/mol. The highest BCUT2D eigenvalue weighted by Gasteiger charge is 2.26. The lowest BCUT2D eigenvalue weighted by atomic mass is 9.73. The molecule has 1 atom stereocenters. The zero-order valence-electron chi connectivity index (χ0n) is 12.0. The smallest absolute Gasteiger partial charge is 0.159 e. The van der Waals surface area contributed by atoms with Gasteiger partial charge in [-0.1, -0.05) is 32.8 Å². The van der Waals surface area contributed by atoms with Crippen LogP contribution in [0.5, 0.6) is 0 Å². The molecule has 0 N–H and O–H groups in total. The second-order valence-corrected chi connectivity index (χ2v) is 6.05. The topological polar surface area (TPSA) is 0 Å². The molecule has 1 aliphatic rings. The van der Waals surface area contributed by atoms with Crippen LogP contribution in [0.25, 0.3) is 0 Å². The third-order valence-corrected chi connectivity index (χ3v) is 4.74. The van der Waals surface area contributed by atoms with Crippen LogP contribution in [0, 0.1) is 23.5 Å². The third-order valence-electron chi connectivity index (χ3n) is 4.74. The van der Waals surface area contributed by atoms with Gasteiger partial charge in [0.15, 0.2) is 11.6 Å². The summed E-state index contributed by atoms with van der Waals surface area (Å²) < 4.78 is 26.2. The molecule has 2 rings (SSSR count). The monoisotopic (exact) mass is 266 g/mol. The Bertz CT molecular complexity index is 406. The lowest BCUT2D eigenvalue weighted by molar-refractivity contribution is 0.234. The first kappa shape index (κ1) is 14.5. The van der Waals surface area contributed by atoms with E-state index in [-0.39, 0.29) is 0 Å². The highest BCUT2D eigenvalue weighted by Crippen LogP contribution is 2.39. The van der Waals surface area contributed by atoms with Crippen molar-refractivity contribution in [3.8, 4) is 0 Å². The van der Waals surface area contributed by atoms with Gasteiger partial charge in [0.1, 0.15) is 0 Å². The van der Waals surface area contributed by atoms with Gasteiger partial charge in [0, 0.05) is 0 Å². The quantitative estimate of drug-likeness (QED) is 0.658. The summed E-state index contributed by atoms with van der Waals surface area (Å²) >= 11 is 0. The van der Waals surface area contributed by atoms with Crippen LogP contribution in [-0.2, 0) is 0 Å². The molecule has 0 radical (unpaired) electrons. The summed E-state index contributed by atoms with van der Waals surface area (Å²) in [7, 11) is 0. The molecule has 1 fully saturated rings. The first-order valence-electron chi connectivity index (χ1n) is 7.56. The molecule has 1 aliphatic carbocycles. The van der Waals surface area contributed by atoms with Gasteiger partial charge in [0.25, 0.3) is 0 Å². The van der Waals surface area contributed by atoms with Crippen molar-refractivity contribution >= 4 is 0 Å². The third kappa shape index (κ3) is 3.55. The molecular weight excluding hydrogens is 242 g/mol. The van der Waals surface area contributed by atoms with Crippen LogP contribution >= 0.6 is 0 Å². The number of hydrogen-bond acceptors (Lipinski definition) is 0. The zero-order chi connectivity index (χ0) is 13.8. The molecule has 0 saturated heterocycles. The summed E-state index contributed by atoms with van der Waals surface area (Å²) in [5.41, 5.74) is 0.973. The molecule has 106 valence electrons. The minimum Gasteiger partial charge on any atom is -0.204 e. The van der Waals surface area contributed by atoms with Crippen LogP contribution in [0.15, 0.2) is 18.2 Å². The summed E-state index contributed by atoms with van der Waals surface area (Å²) in [6, 6.07) is 4.39. The van der Waals surface area contributed by atoms with Gasteiger partial charge in [0.2, 0.25) is 0 Å². The molecule has 2 heteroatoms. The SMILES string of the molecule is CCCC(C)C1CCC(c2ccc(F)c(F)c2)CC1. The van der Waals surface area contributed by atoms with Crippen molar-refractivity contribution in [1.29, 1.82) is 0 Å². The molecular formula is C17H24F2. The predicted molar refractivity (Wildman–Crippen MR) is 75.1 cm³/mol. The van der Waals surface area contributed by atoms with Gasteiger partial charge < -0.3 is 0 Å². The van der Waals surface area contributed by atoms with E-state index in [1.165, 1.54) is 37.8 Å². The van der Waals surface area contributed by atoms with Gasteiger partial charge in [0.05, 0.1) is 0 Å². The number of halogens is 2. The molecule has 0 nitrogen and oxygen atoms in total. The largest absolute Gasteiger partial charge is 0.204 e. The molecule has 0 spiro atoms. The highest BCUT2D eigenvalue weighted by atomic mass is 19.2. The Morgan fingerprint density at radius 3 is 2.37 bits per heavy atom. The number of hydrogen-bond donors (Lipinski definition) is 0. The molecule has 1 saturated carbocycles. The van der Waals surface area contributed by atoms with Crippen molar-refractivity contribution in [3.05, 3.63) is 35.4 Å². The van der Waals surface area contributed by atoms with Crippen molar-refractivity contribution in [2.45, 2.75) is 58.3 Å². The van der Waals surface area contributed by atoms with E-state index in [9.17, 15) is 8.78 Å². The summed E-state index contributed by atoms with van der Waals surface area (Å²) in [4.78, 5) is 0. The fourth-order valence-electron chi connectivity index (χ4n) is 3.48. The zero-order valence-corrected chi connectivity index (χ0v) is 12.0. The van der Waals surface area contributed by atoms with Gasteiger partial charge in [-0.3, -0.25) is 0 Å². The van der Waals surface area contributed by atoms with E-state index in [0.29, 0.717) is 5.92 Å². The van der Waals surface area contributed by atoms with E-state index in [0.717, 1.165) is 30.2 Å². The van der Waals surface area contributed by atoms with E-state index in [1.54, 1.807) is 6.07 Å². The van der Waals surface area contributed by atoms with Crippen molar-refractivity contribution in [3.63, 3.8) is 0 Å². The second kappa shape index (κ2) is 6.49. The summed E-state index contributed by atoms with van der Waals surface area (Å²) in [6.45, 7) is 4.59. The Hall–Kier alpha value is -0.920. The maximum Gasteiger partial charge on any atom is 0.159 e. The first-order valence-corrected chi connectivity index (χ1v) is 7.56. The lowest BCUT2D eigenvalue weighted by Crippen LogP contribution is -2.19. The van der Waals surface area contributed by atoms with Gasteiger partial charge in [-0.15, -0.1) is 0 Å². The molecule has 0 heterocycles. The standard InChI is InChI=1S/C17H24F2/c1-3-4-12(2)13-5-7-14(8-6-13)15-9-10-16(18)17(19)11-15/h9-14H,3-8H2,1-2H3. The second-order valence-electron chi connectivity index (χ2n) is 6.05. The summed E-state index contributed by atoms with van der Waals surface area (Å²) in [6.07, 6.45) is 7.24. The molecule has 0 amide bonds. The van der Waals surface area contributed by atoms with Crippen molar-refractivity contribution < 1.29 is 8.78 Å². The Labute approximate surface area is 115 Å². The molecule has 1 aromatic carbocycles. The van der Waals surface area contributed by atoms with Gasteiger partial charge >= 0.3 is 0 Å². The van der Waals surface area contributed by atoms with E-state index in [4.69, 9.17) is 0 Å².